The van der Waals surface area contributed by atoms with Gasteiger partial charge in [0.05, 0.1) is 0 Å². The minimum Gasteiger partial charge on any atom is -0.368 e. The van der Waals surface area contributed by atoms with Crippen LogP contribution in [0.2, 0.25) is 10.3 Å². The molecule has 1 aromatic heterocycles. The van der Waals surface area contributed by atoms with Crippen molar-refractivity contribution in [2.24, 2.45) is 0 Å². The zero-order valence-electron chi connectivity index (χ0n) is 8.41. The number of hydrogen-bond acceptors (Lipinski definition) is 4. The number of benzene rings is 1. The van der Waals surface area contributed by atoms with Crippen molar-refractivity contribution < 1.29 is 0 Å². The highest BCUT2D eigenvalue weighted by atomic mass is 35.5. The Morgan fingerprint density at radius 2 is 1.88 bits per heavy atom. The Hall–Kier alpha value is -1.39. The lowest BCUT2D eigenvalue weighted by atomic mass is 10.1. The minimum absolute atomic E-state index is 0.0712. The molecular formula is C10H8Cl2N4. The molecule has 82 valence electrons. The Kier molecular flexibility index (Phi) is 2.94. The van der Waals surface area contributed by atoms with Gasteiger partial charge in [0.2, 0.25) is 11.2 Å². The van der Waals surface area contributed by atoms with Gasteiger partial charge in [0, 0.05) is 10.6 Å². The van der Waals surface area contributed by atoms with Crippen molar-refractivity contribution >= 4 is 29.2 Å². The molecule has 0 amide bonds. The van der Waals surface area contributed by atoms with Gasteiger partial charge in [-0.05, 0) is 36.2 Å². The van der Waals surface area contributed by atoms with Crippen molar-refractivity contribution in [2.75, 3.05) is 5.73 Å². The van der Waals surface area contributed by atoms with Crippen LogP contribution in [-0.4, -0.2) is 15.0 Å². The second-order valence-electron chi connectivity index (χ2n) is 3.25. The molecule has 0 aliphatic carbocycles. The number of rotatable bonds is 1. The van der Waals surface area contributed by atoms with Crippen molar-refractivity contribution in [3.05, 3.63) is 34.1 Å². The monoisotopic (exact) mass is 254 g/mol. The number of halogens is 2. The highest BCUT2D eigenvalue weighted by Crippen LogP contribution is 2.24. The van der Waals surface area contributed by atoms with Crippen molar-refractivity contribution in [3.8, 4) is 11.4 Å². The number of hydrogen-bond donors (Lipinski definition) is 1. The summed E-state index contributed by atoms with van der Waals surface area (Å²) in [5, 5.41) is 0.678. The summed E-state index contributed by atoms with van der Waals surface area (Å²) >= 11 is 11.6. The van der Waals surface area contributed by atoms with E-state index in [0.29, 0.717) is 10.8 Å². The third kappa shape index (κ3) is 2.23. The van der Waals surface area contributed by atoms with Crippen LogP contribution in [0.1, 0.15) is 5.56 Å². The van der Waals surface area contributed by atoms with Gasteiger partial charge in [-0.15, -0.1) is 0 Å². The van der Waals surface area contributed by atoms with Crippen LogP contribution >= 0.6 is 23.2 Å². The van der Waals surface area contributed by atoms with Gasteiger partial charge in [-0.25, -0.2) is 0 Å². The second-order valence-corrected chi connectivity index (χ2v) is 4.02. The van der Waals surface area contributed by atoms with Crippen molar-refractivity contribution in [1.29, 1.82) is 0 Å². The molecule has 6 heteroatoms. The molecule has 16 heavy (non-hydrogen) atoms. The molecule has 1 heterocycles. The summed E-state index contributed by atoms with van der Waals surface area (Å²) in [7, 11) is 0. The summed E-state index contributed by atoms with van der Waals surface area (Å²) in [4.78, 5) is 11.7. The largest absolute Gasteiger partial charge is 0.368 e. The van der Waals surface area contributed by atoms with E-state index in [1.54, 1.807) is 12.1 Å². The zero-order valence-corrected chi connectivity index (χ0v) is 9.92. The highest BCUT2D eigenvalue weighted by Gasteiger charge is 2.08. The lowest BCUT2D eigenvalue weighted by Crippen LogP contribution is -2.00. The number of aryl methyl sites for hydroxylation is 1. The van der Waals surface area contributed by atoms with Crippen LogP contribution in [0.3, 0.4) is 0 Å². The van der Waals surface area contributed by atoms with E-state index in [0.717, 1.165) is 11.1 Å². The van der Waals surface area contributed by atoms with Crippen LogP contribution in [0.5, 0.6) is 0 Å². The van der Waals surface area contributed by atoms with Gasteiger partial charge in [-0.1, -0.05) is 17.7 Å². The Labute approximate surface area is 102 Å². The van der Waals surface area contributed by atoms with E-state index in [2.05, 4.69) is 15.0 Å². The van der Waals surface area contributed by atoms with E-state index >= 15 is 0 Å². The fraction of sp³-hybridized carbons (Fsp3) is 0.100. The van der Waals surface area contributed by atoms with E-state index < -0.39 is 0 Å². The molecule has 1 aromatic carbocycles. The van der Waals surface area contributed by atoms with E-state index in [-0.39, 0.29) is 11.2 Å². The smallest absolute Gasteiger partial charge is 0.227 e. The number of nitrogens with two attached hydrogens (primary N) is 1. The molecule has 0 spiro atoms. The first-order valence-electron chi connectivity index (χ1n) is 4.50. The molecule has 0 radical (unpaired) electrons. The summed E-state index contributed by atoms with van der Waals surface area (Å²) in [6.07, 6.45) is 0. The van der Waals surface area contributed by atoms with E-state index in [1.807, 2.05) is 13.0 Å². The number of anilines is 1. The van der Waals surface area contributed by atoms with Gasteiger partial charge < -0.3 is 5.73 Å². The van der Waals surface area contributed by atoms with E-state index in [9.17, 15) is 0 Å². The maximum absolute atomic E-state index is 5.91. The molecule has 0 unspecified atom stereocenters. The van der Waals surface area contributed by atoms with Gasteiger partial charge in [0.1, 0.15) is 0 Å². The predicted molar refractivity (Wildman–Crippen MR) is 64.4 cm³/mol. The fourth-order valence-corrected chi connectivity index (χ4v) is 1.66. The Morgan fingerprint density at radius 3 is 2.56 bits per heavy atom. The lowest BCUT2D eigenvalue weighted by molar-refractivity contribution is 1.07. The summed E-state index contributed by atoms with van der Waals surface area (Å²) in [5.41, 5.74) is 7.29. The Bertz CT molecular complexity index is 522. The van der Waals surface area contributed by atoms with E-state index in [4.69, 9.17) is 28.9 Å². The van der Waals surface area contributed by atoms with Gasteiger partial charge in [-0.3, -0.25) is 0 Å². The maximum Gasteiger partial charge on any atom is 0.227 e. The van der Waals surface area contributed by atoms with Crippen molar-refractivity contribution in [3.63, 3.8) is 0 Å². The SMILES string of the molecule is Cc1ccc(Cl)cc1-c1nc(N)nc(Cl)n1. The average molecular weight is 255 g/mol. The molecular weight excluding hydrogens is 247 g/mol. The third-order valence-electron chi connectivity index (χ3n) is 2.07. The Morgan fingerprint density at radius 1 is 1.12 bits per heavy atom. The molecule has 0 saturated heterocycles. The van der Waals surface area contributed by atoms with Crippen LogP contribution in [0.25, 0.3) is 11.4 Å². The summed E-state index contributed by atoms with van der Waals surface area (Å²) in [5.74, 6) is 0.520. The van der Waals surface area contributed by atoms with Gasteiger partial charge >= 0.3 is 0 Å². The van der Waals surface area contributed by atoms with Gasteiger partial charge in [-0.2, -0.15) is 15.0 Å². The lowest BCUT2D eigenvalue weighted by Gasteiger charge is -2.05. The molecule has 4 nitrogen and oxygen atoms in total. The zero-order chi connectivity index (χ0) is 11.7. The molecule has 2 aromatic rings. The summed E-state index contributed by atoms with van der Waals surface area (Å²) in [6.45, 7) is 1.93. The van der Waals surface area contributed by atoms with Gasteiger partial charge in [0.15, 0.2) is 5.82 Å². The quantitative estimate of drug-likeness (QED) is 0.850. The molecule has 0 atom stereocenters. The highest BCUT2D eigenvalue weighted by molar-refractivity contribution is 6.31. The molecule has 2 rings (SSSR count). The number of nitrogen functional groups attached to an aromatic ring is 1. The summed E-state index contributed by atoms with van der Waals surface area (Å²) < 4.78 is 0. The molecule has 0 aliphatic rings. The van der Waals surface area contributed by atoms with Crippen molar-refractivity contribution in [1.82, 2.24) is 15.0 Å². The molecule has 0 fully saturated rings. The first-order valence-corrected chi connectivity index (χ1v) is 5.25. The molecule has 2 N–H and O–H groups in total. The predicted octanol–water partition coefficient (Wildman–Crippen LogP) is 2.74. The topological polar surface area (TPSA) is 64.7 Å². The first kappa shape index (κ1) is 11.1. The normalized spacial score (nSPS) is 10.4. The van der Waals surface area contributed by atoms with Crippen LogP contribution < -0.4 is 5.73 Å². The van der Waals surface area contributed by atoms with Crippen LogP contribution in [0, 0.1) is 6.92 Å². The molecule has 0 saturated carbocycles. The minimum atomic E-state index is 0.0712. The molecule has 0 aliphatic heterocycles. The standard InChI is InChI=1S/C10H8Cl2N4/c1-5-2-3-6(11)4-7(5)8-14-9(12)16-10(13)15-8/h2-4H,1H3,(H2,13,14,15,16). The van der Waals surface area contributed by atoms with Crippen LogP contribution in [0.15, 0.2) is 18.2 Å². The average Bonchev–Trinajstić information content (AvgIpc) is 2.20. The van der Waals surface area contributed by atoms with Crippen LogP contribution in [0.4, 0.5) is 5.95 Å². The molecule has 0 bridgehead atoms. The van der Waals surface area contributed by atoms with Crippen LogP contribution in [-0.2, 0) is 0 Å². The van der Waals surface area contributed by atoms with Gasteiger partial charge in [0.25, 0.3) is 0 Å². The Balaban J connectivity index is 2.62. The maximum atomic E-state index is 5.91. The fourth-order valence-electron chi connectivity index (χ4n) is 1.32. The van der Waals surface area contributed by atoms with E-state index in [1.165, 1.54) is 0 Å². The van der Waals surface area contributed by atoms with Crippen molar-refractivity contribution in [2.45, 2.75) is 6.92 Å². The summed E-state index contributed by atoms with van der Waals surface area (Å²) in [6, 6.07) is 5.44. The third-order valence-corrected chi connectivity index (χ3v) is 2.47. The first-order chi connectivity index (χ1) is 7.56. The second kappa shape index (κ2) is 4.23. The number of aromatic nitrogens is 3. The number of nitrogens with zero attached hydrogens (tertiary/aromatic N) is 3.